The maximum atomic E-state index is 12.2. The lowest BCUT2D eigenvalue weighted by Crippen LogP contribution is -2.41. The van der Waals surface area contributed by atoms with E-state index in [2.05, 4.69) is 51.6 Å². The van der Waals surface area contributed by atoms with Gasteiger partial charge >= 0.3 is 0 Å². The molecule has 2 aromatic rings. The third-order valence-electron chi connectivity index (χ3n) is 7.62. The van der Waals surface area contributed by atoms with Gasteiger partial charge in [-0.1, -0.05) is 24.3 Å². The molecule has 170 valence electrons. The number of carbonyl (C=O) groups is 1. The largest absolute Gasteiger partial charge is 0.372 e. The van der Waals surface area contributed by atoms with Crippen LogP contribution >= 0.6 is 0 Å². The summed E-state index contributed by atoms with van der Waals surface area (Å²) in [5.41, 5.74) is 10.00. The van der Waals surface area contributed by atoms with Gasteiger partial charge in [-0.15, -0.1) is 0 Å². The van der Waals surface area contributed by atoms with E-state index < -0.39 is 0 Å². The van der Waals surface area contributed by atoms with Gasteiger partial charge in [0, 0.05) is 43.9 Å². The molecule has 2 aliphatic carbocycles. The molecule has 0 spiro atoms. The van der Waals surface area contributed by atoms with Crippen molar-refractivity contribution in [2.45, 2.75) is 44.6 Å². The van der Waals surface area contributed by atoms with Gasteiger partial charge in [-0.05, 0) is 55.2 Å². The number of nitrogens with two attached hydrogens (primary N) is 1. The summed E-state index contributed by atoms with van der Waals surface area (Å²) in [6.45, 7) is 2.29. The van der Waals surface area contributed by atoms with Gasteiger partial charge in [-0.2, -0.15) is 0 Å². The van der Waals surface area contributed by atoms with Gasteiger partial charge in [0.05, 0.1) is 11.6 Å². The van der Waals surface area contributed by atoms with Crippen molar-refractivity contribution in [1.82, 2.24) is 9.97 Å². The number of fused-ring (bicyclic) bond motifs is 3. The molecule has 0 radical (unpaired) electrons. The minimum atomic E-state index is -0.243. The van der Waals surface area contributed by atoms with Crippen LogP contribution in [0.1, 0.15) is 42.8 Å². The number of amides is 1. The van der Waals surface area contributed by atoms with Crippen LogP contribution < -0.4 is 16.0 Å². The zero-order valence-corrected chi connectivity index (χ0v) is 18.8. The molecular formula is C26H30N6O. The van der Waals surface area contributed by atoms with Crippen molar-refractivity contribution in [3.63, 3.8) is 0 Å². The zero-order valence-electron chi connectivity index (χ0n) is 18.8. The van der Waals surface area contributed by atoms with Crippen LogP contribution in [0.3, 0.4) is 0 Å². The Morgan fingerprint density at radius 3 is 2.64 bits per heavy atom. The van der Waals surface area contributed by atoms with Gasteiger partial charge in [0.15, 0.2) is 5.82 Å². The molecule has 3 N–H and O–H groups in total. The monoisotopic (exact) mass is 442 g/mol. The number of nitrogens with zero attached hydrogens (tertiary/aromatic N) is 4. The molecule has 3 heterocycles. The van der Waals surface area contributed by atoms with Gasteiger partial charge in [0.1, 0.15) is 11.5 Å². The molecule has 2 aliphatic heterocycles. The Labute approximate surface area is 194 Å². The summed E-state index contributed by atoms with van der Waals surface area (Å²) in [6, 6.07) is 8.77. The van der Waals surface area contributed by atoms with E-state index >= 15 is 0 Å². The minimum Gasteiger partial charge on any atom is -0.372 e. The van der Waals surface area contributed by atoms with Crippen LogP contribution in [0.25, 0.3) is 0 Å². The van der Waals surface area contributed by atoms with Crippen molar-refractivity contribution in [2.24, 2.45) is 28.5 Å². The fourth-order valence-corrected chi connectivity index (χ4v) is 5.96. The van der Waals surface area contributed by atoms with E-state index in [0.717, 1.165) is 42.5 Å². The lowest BCUT2D eigenvalue weighted by Gasteiger charge is -2.29. The lowest BCUT2D eigenvalue weighted by molar-refractivity contribution is -0.122. The third-order valence-corrected chi connectivity index (χ3v) is 7.62. The highest BCUT2D eigenvalue weighted by atomic mass is 16.1. The molecule has 1 amide bonds. The highest BCUT2D eigenvalue weighted by Crippen LogP contribution is 2.45. The predicted octanol–water partition coefficient (Wildman–Crippen LogP) is 3.40. The number of nitrogens with one attached hydrogen (secondary N) is 1. The summed E-state index contributed by atoms with van der Waals surface area (Å²) < 4.78 is 0. The van der Waals surface area contributed by atoms with Gasteiger partial charge in [-0.3, -0.25) is 9.79 Å². The van der Waals surface area contributed by atoms with E-state index in [9.17, 15) is 4.79 Å². The van der Waals surface area contributed by atoms with Crippen molar-refractivity contribution < 1.29 is 4.79 Å². The quantitative estimate of drug-likeness (QED) is 0.669. The number of carbonyl (C=O) groups excluding carboxylic acids is 1. The summed E-state index contributed by atoms with van der Waals surface area (Å²) in [5, 5.41) is 3.56. The Morgan fingerprint density at radius 1 is 1.06 bits per heavy atom. The lowest BCUT2D eigenvalue weighted by atomic mass is 9.88. The number of benzene rings is 1. The average molecular weight is 443 g/mol. The Balaban J connectivity index is 1.23. The number of aliphatic imine (C=N–C) groups is 1. The maximum absolute atomic E-state index is 12.2. The number of aromatic nitrogens is 2. The summed E-state index contributed by atoms with van der Waals surface area (Å²) in [7, 11) is 0. The normalized spacial score (nSPS) is 27.2. The van der Waals surface area contributed by atoms with E-state index in [1.54, 1.807) is 0 Å². The van der Waals surface area contributed by atoms with Gasteiger partial charge in [0.2, 0.25) is 5.91 Å². The van der Waals surface area contributed by atoms with Crippen LogP contribution in [0, 0.1) is 17.8 Å². The van der Waals surface area contributed by atoms with E-state index in [1.807, 2.05) is 6.21 Å². The second kappa shape index (κ2) is 8.28. The summed E-state index contributed by atoms with van der Waals surface area (Å²) in [6.07, 6.45) is 12.5. The smallest absolute Gasteiger partial charge is 0.223 e. The molecular weight excluding hydrogens is 412 g/mol. The van der Waals surface area contributed by atoms with Crippen LogP contribution in [0.2, 0.25) is 0 Å². The molecule has 1 aromatic carbocycles. The molecule has 6 rings (SSSR count). The Bertz CT molecular complexity index is 1120. The fourth-order valence-electron chi connectivity index (χ4n) is 5.96. The van der Waals surface area contributed by atoms with E-state index in [1.165, 1.54) is 30.5 Å². The zero-order chi connectivity index (χ0) is 22.4. The molecule has 4 atom stereocenters. The minimum absolute atomic E-state index is 0.0380. The SMILES string of the molecule is NC(=O)C1C2C=CC(C2)C1Nc1nc(Cc2ccc(N3CCCCC3)cc2)nc2c1N=CC2. The number of hydrogen-bond acceptors (Lipinski definition) is 6. The van der Waals surface area contributed by atoms with E-state index in [-0.39, 0.29) is 23.8 Å². The van der Waals surface area contributed by atoms with E-state index in [4.69, 9.17) is 15.7 Å². The van der Waals surface area contributed by atoms with Crippen molar-refractivity contribution >= 4 is 29.3 Å². The molecule has 2 fully saturated rings. The first-order valence-corrected chi connectivity index (χ1v) is 12.2. The van der Waals surface area contributed by atoms with Crippen molar-refractivity contribution in [2.75, 3.05) is 23.3 Å². The van der Waals surface area contributed by atoms with Crippen LogP contribution in [0.4, 0.5) is 17.2 Å². The van der Waals surface area contributed by atoms with Crippen molar-refractivity contribution in [3.8, 4) is 0 Å². The Kier molecular flexibility index (Phi) is 5.12. The Hall–Kier alpha value is -3.22. The van der Waals surface area contributed by atoms with Crippen LogP contribution in [-0.2, 0) is 17.6 Å². The number of primary amides is 1. The second-order valence-corrected chi connectivity index (χ2v) is 9.74. The molecule has 7 nitrogen and oxygen atoms in total. The third kappa shape index (κ3) is 3.79. The topological polar surface area (TPSA) is 96.5 Å². The van der Waals surface area contributed by atoms with Gasteiger partial charge in [0.25, 0.3) is 0 Å². The Morgan fingerprint density at radius 2 is 1.85 bits per heavy atom. The van der Waals surface area contributed by atoms with E-state index in [0.29, 0.717) is 18.8 Å². The summed E-state index contributed by atoms with van der Waals surface area (Å²) >= 11 is 0. The first-order chi connectivity index (χ1) is 16.2. The highest BCUT2D eigenvalue weighted by Gasteiger charge is 2.47. The van der Waals surface area contributed by atoms with Crippen molar-refractivity contribution in [1.29, 1.82) is 0 Å². The van der Waals surface area contributed by atoms with Crippen LogP contribution in [0.15, 0.2) is 41.4 Å². The van der Waals surface area contributed by atoms with Crippen LogP contribution in [-0.4, -0.2) is 41.2 Å². The highest BCUT2D eigenvalue weighted by molar-refractivity contribution is 5.82. The number of piperidine rings is 1. The number of allylic oxidation sites excluding steroid dienone is 1. The molecule has 4 aliphatic rings. The predicted molar refractivity (Wildman–Crippen MR) is 130 cm³/mol. The standard InChI is InChI=1S/C26H30N6O/c27-25(33)22-17-6-7-18(15-17)23(22)31-26-24-20(10-11-28-24)29-21(30-26)14-16-4-8-19(9-5-16)32-12-2-1-3-13-32/h4-9,11,17-18,22-23H,1-3,10,12-15H2,(H2,27,33)(H,29,30,31). The fraction of sp³-hybridized carbons (Fsp3) is 0.462. The second-order valence-electron chi connectivity index (χ2n) is 9.74. The first kappa shape index (κ1) is 20.4. The van der Waals surface area contributed by atoms with Crippen molar-refractivity contribution in [3.05, 3.63) is 53.5 Å². The average Bonchev–Trinajstić information content (AvgIpc) is 3.56. The molecule has 1 saturated heterocycles. The first-order valence-electron chi connectivity index (χ1n) is 12.2. The molecule has 2 bridgehead atoms. The number of rotatable bonds is 6. The summed E-state index contributed by atoms with van der Waals surface area (Å²) in [4.78, 5) is 28.8. The molecule has 7 heteroatoms. The summed E-state index contributed by atoms with van der Waals surface area (Å²) in [5.74, 6) is 1.58. The van der Waals surface area contributed by atoms with Gasteiger partial charge in [-0.25, -0.2) is 9.97 Å². The van der Waals surface area contributed by atoms with Gasteiger partial charge < -0.3 is 16.0 Å². The number of hydrogen-bond donors (Lipinski definition) is 2. The molecule has 4 unspecified atom stereocenters. The number of anilines is 2. The molecule has 33 heavy (non-hydrogen) atoms. The maximum Gasteiger partial charge on any atom is 0.223 e. The molecule has 1 aromatic heterocycles. The molecule has 1 saturated carbocycles. The van der Waals surface area contributed by atoms with Crippen LogP contribution in [0.5, 0.6) is 0 Å².